The van der Waals surface area contributed by atoms with Crippen molar-refractivity contribution in [3.63, 3.8) is 0 Å². The molecule has 4 heteroatoms. The van der Waals surface area contributed by atoms with Crippen LogP contribution >= 0.6 is 0 Å². The monoisotopic (exact) mass is 286 g/mol. The molecular formula is C16H38N4. The SMILES string of the molecule is C.CCNCCCNCC1CC1CNCCCNCC. The highest BCUT2D eigenvalue weighted by molar-refractivity contribution is 4.89. The molecule has 1 aliphatic carbocycles. The molecule has 1 fully saturated rings. The molecular weight excluding hydrogens is 248 g/mol. The first-order valence-corrected chi connectivity index (χ1v) is 8.21. The minimum atomic E-state index is 0. The summed E-state index contributed by atoms with van der Waals surface area (Å²) in [7, 11) is 0. The summed E-state index contributed by atoms with van der Waals surface area (Å²) in [6, 6.07) is 0. The first-order chi connectivity index (χ1) is 9.38. The van der Waals surface area contributed by atoms with E-state index in [9.17, 15) is 0 Å². The third-order valence-corrected chi connectivity index (χ3v) is 3.80. The number of nitrogens with one attached hydrogen (secondary N) is 4. The molecule has 0 saturated heterocycles. The fourth-order valence-electron chi connectivity index (χ4n) is 2.42. The highest BCUT2D eigenvalue weighted by Gasteiger charge is 2.35. The summed E-state index contributed by atoms with van der Waals surface area (Å²) in [5.41, 5.74) is 0. The Labute approximate surface area is 126 Å². The maximum atomic E-state index is 3.58. The van der Waals surface area contributed by atoms with Crippen LogP contribution in [0.1, 0.15) is 40.5 Å². The van der Waals surface area contributed by atoms with E-state index in [0.717, 1.165) is 51.1 Å². The molecule has 0 aromatic carbocycles. The van der Waals surface area contributed by atoms with Crippen molar-refractivity contribution in [1.29, 1.82) is 0 Å². The molecule has 20 heavy (non-hydrogen) atoms. The third-order valence-electron chi connectivity index (χ3n) is 3.80. The summed E-state index contributed by atoms with van der Waals surface area (Å²) < 4.78 is 0. The Morgan fingerprint density at radius 2 is 1.10 bits per heavy atom. The first kappa shape index (κ1) is 19.8. The van der Waals surface area contributed by atoms with Crippen LogP contribution in [0, 0.1) is 11.8 Å². The van der Waals surface area contributed by atoms with Crippen LogP contribution in [0.15, 0.2) is 0 Å². The summed E-state index contributed by atoms with van der Waals surface area (Å²) in [5.74, 6) is 1.86. The molecule has 4 nitrogen and oxygen atoms in total. The molecule has 0 bridgehead atoms. The average molecular weight is 287 g/mol. The molecule has 0 aliphatic heterocycles. The van der Waals surface area contributed by atoms with Crippen LogP contribution in [0.4, 0.5) is 0 Å². The molecule has 4 N–H and O–H groups in total. The van der Waals surface area contributed by atoms with E-state index < -0.39 is 0 Å². The average Bonchev–Trinajstić information content (AvgIpc) is 3.16. The van der Waals surface area contributed by atoms with Gasteiger partial charge in [0.25, 0.3) is 0 Å². The smallest absolute Gasteiger partial charge is 0.00173 e. The maximum Gasteiger partial charge on any atom is -0.00173 e. The molecule has 1 saturated carbocycles. The van der Waals surface area contributed by atoms with Gasteiger partial charge in [-0.25, -0.2) is 0 Å². The van der Waals surface area contributed by atoms with Crippen molar-refractivity contribution >= 4 is 0 Å². The maximum absolute atomic E-state index is 3.58. The summed E-state index contributed by atoms with van der Waals surface area (Å²) in [4.78, 5) is 0. The van der Waals surface area contributed by atoms with Gasteiger partial charge in [-0.15, -0.1) is 0 Å². The predicted octanol–water partition coefficient (Wildman–Crippen LogP) is 1.44. The van der Waals surface area contributed by atoms with E-state index in [1.165, 1.54) is 32.4 Å². The molecule has 0 amide bonds. The Kier molecular flexibility index (Phi) is 13.7. The van der Waals surface area contributed by atoms with Crippen LogP contribution in [-0.2, 0) is 0 Å². The van der Waals surface area contributed by atoms with E-state index in [4.69, 9.17) is 0 Å². The Morgan fingerprint density at radius 1 is 0.700 bits per heavy atom. The van der Waals surface area contributed by atoms with Crippen molar-refractivity contribution in [1.82, 2.24) is 21.3 Å². The number of rotatable bonds is 14. The van der Waals surface area contributed by atoms with Crippen LogP contribution in [0.2, 0.25) is 0 Å². The van der Waals surface area contributed by atoms with Gasteiger partial charge in [-0.1, -0.05) is 21.3 Å². The summed E-state index contributed by atoms with van der Waals surface area (Å²) in [6.07, 6.45) is 3.90. The first-order valence-electron chi connectivity index (χ1n) is 8.21. The summed E-state index contributed by atoms with van der Waals surface area (Å²) >= 11 is 0. The van der Waals surface area contributed by atoms with Gasteiger partial charge in [0.1, 0.15) is 0 Å². The van der Waals surface area contributed by atoms with Gasteiger partial charge in [0.15, 0.2) is 0 Å². The minimum absolute atomic E-state index is 0. The lowest BCUT2D eigenvalue weighted by atomic mass is 10.3. The highest BCUT2D eigenvalue weighted by Crippen LogP contribution is 2.36. The van der Waals surface area contributed by atoms with Crippen molar-refractivity contribution in [3.8, 4) is 0 Å². The van der Waals surface area contributed by atoms with Gasteiger partial charge >= 0.3 is 0 Å². The quantitative estimate of drug-likeness (QED) is 0.365. The molecule has 0 aromatic heterocycles. The molecule has 122 valence electrons. The second-order valence-electron chi connectivity index (χ2n) is 5.58. The normalized spacial score (nSPS) is 20.7. The van der Waals surface area contributed by atoms with Crippen LogP contribution in [-0.4, -0.2) is 52.4 Å². The second kappa shape index (κ2) is 13.8. The fraction of sp³-hybridized carbons (Fsp3) is 1.00. The van der Waals surface area contributed by atoms with Crippen molar-refractivity contribution in [2.45, 2.75) is 40.5 Å². The van der Waals surface area contributed by atoms with Crippen LogP contribution in [0.5, 0.6) is 0 Å². The molecule has 0 heterocycles. The highest BCUT2D eigenvalue weighted by atomic mass is 14.9. The fourth-order valence-corrected chi connectivity index (χ4v) is 2.42. The van der Waals surface area contributed by atoms with E-state index in [1.54, 1.807) is 0 Å². The van der Waals surface area contributed by atoms with Gasteiger partial charge in [-0.05, 0) is 83.5 Å². The molecule has 0 radical (unpaired) electrons. The van der Waals surface area contributed by atoms with Crippen LogP contribution in [0.3, 0.4) is 0 Å². The zero-order valence-corrected chi connectivity index (χ0v) is 12.9. The molecule has 0 spiro atoms. The Balaban J connectivity index is 0.00000361. The van der Waals surface area contributed by atoms with Gasteiger partial charge in [-0.3, -0.25) is 0 Å². The van der Waals surface area contributed by atoms with Gasteiger partial charge < -0.3 is 21.3 Å². The second-order valence-corrected chi connectivity index (χ2v) is 5.58. The molecule has 1 aliphatic rings. The van der Waals surface area contributed by atoms with E-state index in [-0.39, 0.29) is 7.43 Å². The lowest BCUT2D eigenvalue weighted by molar-refractivity contribution is 0.537. The molecule has 0 aromatic rings. The van der Waals surface area contributed by atoms with E-state index in [0.29, 0.717) is 0 Å². The topological polar surface area (TPSA) is 48.1 Å². The van der Waals surface area contributed by atoms with E-state index >= 15 is 0 Å². The zero-order valence-electron chi connectivity index (χ0n) is 12.9. The van der Waals surface area contributed by atoms with Crippen molar-refractivity contribution in [2.24, 2.45) is 11.8 Å². The van der Waals surface area contributed by atoms with Gasteiger partial charge in [0.05, 0.1) is 0 Å². The molecule has 2 unspecified atom stereocenters. The lowest BCUT2D eigenvalue weighted by Crippen LogP contribution is -2.26. The van der Waals surface area contributed by atoms with E-state index in [2.05, 4.69) is 35.1 Å². The van der Waals surface area contributed by atoms with Crippen LogP contribution < -0.4 is 21.3 Å². The number of hydrogen-bond donors (Lipinski definition) is 4. The van der Waals surface area contributed by atoms with Crippen LogP contribution in [0.25, 0.3) is 0 Å². The zero-order chi connectivity index (χ0) is 13.8. The third kappa shape index (κ3) is 10.6. The summed E-state index contributed by atoms with van der Waals surface area (Å²) in [5, 5.41) is 13.9. The van der Waals surface area contributed by atoms with Crippen molar-refractivity contribution in [3.05, 3.63) is 0 Å². The minimum Gasteiger partial charge on any atom is -0.317 e. The van der Waals surface area contributed by atoms with Gasteiger partial charge in [0, 0.05) is 0 Å². The Hall–Kier alpha value is -0.160. The largest absolute Gasteiger partial charge is 0.317 e. The predicted molar refractivity (Wildman–Crippen MR) is 90.4 cm³/mol. The van der Waals surface area contributed by atoms with Crippen molar-refractivity contribution < 1.29 is 0 Å². The number of hydrogen-bond acceptors (Lipinski definition) is 4. The van der Waals surface area contributed by atoms with Gasteiger partial charge in [0.2, 0.25) is 0 Å². The molecule has 1 rings (SSSR count). The summed E-state index contributed by atoms with van der Waals surface area (Å²) in [6.45, 7) is 13.5. The standard InChI is InChI=1S/C15H34N4.CH4/c1-3-16-7-5-9-18-12-14-11-15(14)13-19-10-6-8-17-4-2;/h14-19H,3-13H2,1-2H3;1H4. The van der Waals surface area contributed by atoms with Gasteiger partial charge in [-0.2, -0.15) is 0 Å². The van der Waals surface area contributed by atoms with Crippen molar-refractivity contribution in [2.75, 3.05) is 52.4 Å². The van der Waals surface area contributed by atoms with E-state index in [1.807, 2.05) is 0 Å². The Bertz CT molecular complexity index is 179. The Morgan fingerprint density at radius 3 is 1.50 bits per heavy atom. The molecule has 2 atom stereocenters. The lowest BCUT2D eigenvalue weighted by Gasteiger charge is -2.06.